The molecular formula is C13H17ClN2. The number of amidine groups is 1. The molecule has 0 bridgehead atoms. The summed E-state index contributed by atoms with van der Waals surface area (Å²) in [6.45, 7) is 6.55. The predicted octanol–water partition coefficient (Wildman–Crippen LogP) is 3.70. The molecule has 0 atom stereocenters. The molecule has 86 valence electrons. The summed E-state index contributed by atoms with van der Waals surface area (Å²) in [5.41, 5.74) is 2.35. The lowest BCUT2D eigenvalue weighted by molar-refractivity contribution is 0.443. The molecule has 1 aliphatic rings. The Morgan fingerprint density at radius 3 is 2.88 bits per heavy atom. The fourth-order valence-electron chi connectivity index (χ4n) is 1.71. The standard InChI is InChI=1S/C13H17ClN2/c1-4-13(2,3)16-12-7-9-5-6-10(14)8-11(9)15-12/h5-6,8H,4,7H2,1-3H3,(H,15,16). The number of aliphatic imine (C=N–C) groups is 1. The highest BCUT2D eigenvalue weighted by Crippen LogP contribution is 2.29. The van der Waals surface area contributed by atoms with Crippen molar-refractivity contribution >= 4 is 23.1 Å². The van der Waals surface area contributed by atoms with Gasteiger partial charge in [0.05, 0.1) is 5.69 Å². The maximum absolute atomic E-state index is 5.94. The Bertz CT molecular complexity index is 436. The summed E-state index contributed by atoms with van der Waals surface area (Å²) >= 11 is 5.94. The smallest absolute Gasteiger partial charge is 0.107 e. The largest absolute Gasteiger partial charge is 0.368 e. The zero-order valence-electron chi connectivity index (χ0n) is 9.97. The summed E-state index contributed by atoms with van der Waals surface area (Å²) < 4.78 is 0. The molecular weight excluding hydrogens is 220 g/mol. The van der Waals surface area contributed by atoms with Gasteiger partial charge in [0.1, 0.15) is 5.84 Å². The molecule has 0 saturated heterocycles. The van der Waals surface area contributed by atoms with Crippen LogP contribution in [0.1, 0.15) is 32.8 Å². The van der Waals surface area contributed by atoms with E-state index in [0.29, 0.717) is 0 Å². The first kappa shape index (κ1) is 11.5. The average Bonchev–Trinajstić information content (AvgIpc) is 2.58. The van der Waals surface area contributed by atoms with E-state index >= 15 is 0 Å². The van der Waals surface area contributed by atoms with Crippen LogP contribution in [0.15, 0.2) is 23.2 Å². The van der Waals surface area contributed by atoms with Crippen LogP contribution in [0, 0.1) is 0 Å². The number of nitrogens with zero attached hydrogens (tertiary/aromatic N) is 1. The highest BCUT2D eigenvalue weighted by Gasteiger charge is 2.21. The van der Waals surface area contributed by atoms with Crippen molar-refractivity contribution in [1.82, 2.24) is 5.32 Å². The Hall–Kier alpha value is -1.02. The Balaban J connectivity index is 2.16. The fraction of sp³-hybridized carbons (Fsp3) is 0.462. The van der Waals surface area contributed by atoms with E-state index in [4.69, 9.17) is 11.6 Å². The van der Waals surface area contributed by atoms with E-state index in [1.165, 1.54) is 5.56 Å². The van der Waals surface area contributed by atoms with Crippen LogP contribution in [0.3, 0.4) is 0 Å². The SMILES string of the molecule is CCC(C)(C)NC1=Nc2cc(Cl)ccc2C1. The topological polar surface area (TPSA) is 24.4 Å². The lowest BCUT2D eigenvalue weighted by Gasteiger charge is -2.25. The third kappa shape index (κ3) is 2.38. The van der Waals surface area contributed by atoms with E-state index in [1.807, 2.05) is 12.1 Å². The summed E-state index contributed by atoms with van der Waals surface area (Å²) in [7, 11) is 0. The van der Waals surface area contributed by atoms with E-state index in [1.54, 1.807) is 0 Å². The first-order valence-electron chi connectivity index (χ1n) is 5.64. The van der Waals surface area contributed by atoms with Gasteiger partial charge in [-0.3, -0.25) is 0 Å². The third-order valence-electron chi connectivity index (χ3n) is 3.03. The fourth-order valence-corrected chi connectivity index (χ4v) is 1.87. The summed E-state index contributed by atoms with van der Waals surface area (Å²) in [5.74, 6) is 1.05. The number of rotatable bonds is 2. The van der Waals surface area contributed by atoms with Crippen molar-refractivity contribution in [2.75, 3.05) is 0 Å². The van der Waals surface area contributed by atoms with Crippen molar-refractivity contribution in [3.05, 3.63) is 28.8 Å². The first-order chi connectivity index (χ1) is 7.50. The molecule has 1 heterocycles. The maximum atomic E-state index is 5.94. The van der Waals surface area contributed by atoms with E-state index in [-0.39, 0.29) is 5.54 Å². The minimum atomic E-state index is 0.102. The van der Waals surface area contributed by atoms with Crippen molar-refractivity contribution in [2.45, 2.75) is 39.2 Å². The molecule has 0 aromatic heterocycles. The van der Waals surface area contributed by atoms with Gasteiger partial charge in [-0.2, -0.15) is 0 Å². The van der Waals surface area contributed by atoms with Gasteiger partial charge in [-0.05, 0) is 38.0 Å². The Morgan fingerprint density at radius 1 is 1.44 bits per heavy atom. The molecule has 16 heavy (non-hydrogen) atoms. The van der Waals surface area contributed by atoms with Gasteiger partial charge in [0, 0.05) is 17.0 Å². The summed E-state index contributed by atoms with van der Waals surface area (Å²) in [5, 5.41) is 4.23. The highest BCUT2D eigenvalue weighted by molar-refractivity contribution is 6.30. The molecule has 0 saturated carbocycles. The molecule has 1 aromatic carbocycles. The van der Waals surface area contributed by atoms with E-state index in [0.717, 1.165) is 29.4 Å². The van der Waals surface area contributed by atoms with Crippen LogP contribution < -0.4 is 5.32 Å². The summed E-state index contributed by atoms with van der Waals surface area (Å²) in [6.07, 6.45) is 1.96. The van der Waals surface area contributed by atoms with Gasteiger partial charge in [-0.1, -0.05) is 24.6 Å². The minimum absolute atomic E-state index is 0.102. The first-order valence-corrected chi connectivity index (χ1v) is 6.02. The van der Waals surface area contributed by atoms with Crippen LogP contribution in [0.2, 0.25) is 5.02 Å². The van der Waals surface area contributed by atoms with E-state index < -0.39 is 0 Å². The normalized spacial score (nSPS) is 14.6. The van der Waals surface area contributed by atoms with Gasteiger partial charge >= 0.3 is 0 Å². The lowest BCUT2D eigenvalue weighted by atomic mass is 10.0. The second-order valence-electron chi connectivity index (χ2n) is 4.87. The van der Waals surface area contributed by atoms with Gasteiger partial charge in [-0.15, -0.1) is 0 Å². The van der Waals surface area contributed by atoms with Gasteiger partial charge in [0.25, 0.3) is 0 Å². The van der Waals surface area contributed by atoms with Gasteiger partial charge in [0.2, 0.25) is 0 Å². The summed E-state index contributed by atoms with van der Waals surface area (Å²) in [6, 6.07) is 5.89. The average molecular weight is 237 g/mol. The molecule has 2 nitrogen and oxygen atoms in total. The lowest BCUT2D eigenvalue weighted by Crippen LogP contribution is -2.42. The van der Waals surface area contributed by atoms with Crippen LogP contribution in [-0.2, 0) is 6.42 Å². The highest BCUT2D eigenvalue weighted by atomic mass is 35.5. The number of benzene rings is 1. The van der Waals surface area contributed by atoms with Crippen molar-refractivity contribution in [2.24, 2.45) is 4.99 Å². The zero-order valence-corrected chi connectivity index (χ0v) is 10.7. The molecule has 2 rings (SSSR count). The molecule has 0 aliphatic carbocycles. The number of halogens is 1. The molecule has 0 unspecified atom stereocenters. The van der Waals surface area contributed by atoms with Crippen LogP contribution in [-0.4, -0.2) is 11.4 Å². The van der Waals surface area contributed by atoms with Crippen LogP contribution >= 0.6 is 11.6 Å². The predicted molar refractivity (Wildman–Crippen MR) is 69.8 cm³/mol. The minimum Gasteiger partial charge on any atom is -0.368 e. The molecule has 0 amide bonds. The molecule has 1 aliphatic heterocycles. The molecule has 0 fully saturated rings. The monoisotopic (exact) mass is 236 g/mol. The van der Waals surface area contributed by atoms with Crippen molar-refractivity contribution in [3.63, 3.8) is 0 Å². The Morgan fingerprint density at radius 2 is 2.19 bits per heavy atom. The van der Waals surface area contributed by atoms with Gasteiger partial charge < -0.3 is 5.32 Å². The maximum Gasteiger partial charge on any atom is 0.107 e. The van der Waals surface area contributed by atoms with Crippen molar-refractivity contribution in [3.8, 4) is 0 Å². The second kappa shape index (κ2) is 4.10. The van der Waals surface area contributed by atoms with Crippen LogP contribution in [0.5, 0.6) is 0 Å². The number of fused-ring (bicyclic) bond motifs is 1. The van der Waals surface area contributed by atoms with E-state index in [2.05, 4.69) is 37.1 Å². The van der Waals surface area contributed by atoms with Crippen molar-refractivity contribution < 1.29 is 0 Å². The second-order valence-corrected chi connectivity index (χ2v) is 5.31. The Kier molecular flexibility index (Phi) is 2.94. The molecule has 0 spiro atoms. The Labute approximate surface area is 102 Å². The molecule has 0 radical (unpaired) electrons. The number of nitrogens with one attached hydrogen (secondary N) is 1. The van der Waals surface area contributed by atoms with Gasteiger partial charge in [0.15, 0.2) is 0 Å². The molecule has 1 aromatic rings. The van der Waals surface area contributed by atoms with Crippen molar-refractivity contribution in [1.29, 1.82) is 0 Å². The number of hydrogen-bond acceptors (Lipinski definition) is 2. The number of hydrogen-bond donors (Lipinski definition) is 1. The van der Waals surface area contributed by atoms with E-state index in [9.17, 15) is 0 Å². The van der Waals surface area contributed by atoms with Gasteiger partial charge in [-0.25, -0.2) is 4.99 Å². The van der Waals surface area contributed by atoms with Crippen LogP contribution in [0.4, 0.5) is 5.69 Å². The molecule has 3 heteroatoms. The molecule has 1 N–H and O–H groups in total. The zero-order chi connectivity index (χ0) is 11.8. The summed E-state index contributed by atoms with van der Waals surface area (Å²) in [4.78, 5) is 4.57. The quantitative estimate of drug-likeness (QED) is 0.832. The third-order valence-corrected chi connectivity index (χ3v) is 3.26. The van der Waals surface area contributed by atoms with Crippen LogP contribution in [0.25, 0.3) is 0 Å².